The van der Waals surface area contributed by atoms with E-state index in [9.17, 15) is 0 Å². The normalized spacial score (nSPS) is 16.2. The van der Waals surface area contributed by atoms with Gasteiger partial charge in [-0.05, 0) is 37.8 Å². The molecule has 23 heavy (non-hydrogen) atoms. The van der Waals surface area contributed by atoms with Crippen LogP contribution < -0.4 is 5.32 Å². The highest BCUT2D eigenvalue weighted by Gasteiger charge is 2.20. The number of fused-ring (bicyclic) bond motifs is 1. The predicted molar refractivity (Wildman–Crippen MR) is 97.2 cm³/mol. The second-order valence-electron chi connectivity index (χ2n) is 5.93. The summed E-state index contributed by atoms with van der Waals surface area (Å²) in [4.78, 5) is 13.3. The van der Waals surface area contributed by atoms with Gasteiger partial charge in [0.2, 0.25) is 5.28 Å². The Morgan fingerprint density at radius 1 is 1.30 bits per heavy atom. The number of imidazole rings is 1. The van der Waals surface area contributed by atoms with E-state index >= 15 is 0 Å². The van der Waals surface area contributed by atoms with Gasteiger partial charge in [0.05, 0.1) is 6.33 Å². The zero-order valence-corrected chi connectivity index (χ0v) is 15.4. The first-order chi connectivity index (χ1) is 11.2. The Bertz CT molecular complexity index is 619. The lowest BCUT2D eigenvalue weighted by molar-refractivity contribution is 0.509. The molecule has 0 bridgehead atoms. The van der Waals surface area contributed by atoms with Crippen LogP contribution in [-0.4, -0.2) is 25.6 Å². The van der Waals surface area contributed by atoms with Crippen molar-refractivity contribution in [1.82, 2.24) is 19.5 Å². The molecule has 128 valence electrons. The molecule has 1 N–H and O–H groups in total. The van der Waals surface area contributed by atoms with Crippen molar-refractivity contribution in [3.8, 4) is 0 Å². The first-order valence-electron chi connectivity index (χ1n) is 8.85. The molecule has 1 aliphatic carbocycles. The third-order valence-corrected chi connectivity index (χ3v) is 4.44. The molecule has 5 nitrogen and oxygen atoms in total. The summed E-state index contributed by atoms with van der Waals surface area (Å²) in [5.41, 5.74) is 1.66. The lowest BCUT2D eigenvalue weighted by Gasteiger charge is -2.15. The minimum Gasteiger partial charge on any atom is -0.365 e. The van der Waals surface area contributed by atoms with Crippen molar-refractivity contribution in [2.45, 2.75) is 78.3 Å². The SMILES string of the molecule is CC.CCCC(C)n1cnc2c(NC3CCCC3)nc(Cl)nc21. The number of nitrogens with one attached hydrogen (secondary N) is 1. The molecule has 1 saturated carbocycles. The van der Waals surface area contributed by atoms with E-state index in [2.05, 4.69) is 38.7 Å². The molecule has 1 unspecified atom stereocenters. The summed E-state index contributed by atoms with van der Waals surface area (Å²) in [7, 11) is 0. The van der Waals surface area contributed by atoms with Crippen molar-refractivity contribution in [3.05, 3.63) is 11.6 Å². The standard InChI is InChI=1S/C15H22ClN5.C2H6/c1-3-6-10(2)21-9-17-12-13(18-11-7-4-5-8-11)19-15(16)20-14(12)21;1-2/h9-11H,3-8H2,1-2H3,(H,18,19,20);1-2H3. The number of hydrogen-bond donors (Lipinski definition) is 1. The van der Waals surface area contributed by atoms with Gasteiger partial charge in [-0.3, -0.25) is 0 Å². The van der Waals surface area contributed by atoms with Crippen LogP contribution in [0.2, 0.25) is 5.28 Å². The van der Waals surface area contributed by atoms with Gasteiger partial charge in [0.25, 0.3) is 0 Å². The Morgan fingerprint density at radius 3 is 2.65 bits per heavy atom. The van der Waals surface area contributed by atoms with Crippen LogP contribution in [0.25, 0.3) is 11.2 Å². The molecule has 0 aliphatic heterocycles. The number of nitrogens with zero attached hydrogens (tertiary/aromatic N) is 4. The molecule has 0 saturated heterocycles. The largest absolute Gasteiger partial charge is 0.365 e. The lowest BCUT2D eigenvalue weighted by Crippen LogP contribution is -2.16. The van der Waals surface area contributed by atoms with Gasteiger partial charge in [-0.25, -0.2) is 4.98 Å². The fourth-order valence-corrected chi connectivity index (χ4v) is 3.30. The molecule has 2 aromatic rings. The van der Waals surface area contributed by atoms with Crippen LogP contribution in [0.4, 0.5) is 5.82 Å². The van der Waals surface area contributed by atoms with Gasteiger partial charge in [0, 0.05) is 12.1 Å². The van der Waals surface area contributed by atoms with Crippen molar-refractivity contribution in [2.24, 2.45) is 0 Å². The van der Waals surface area contributed by atoms with Crippen LogP contribution in [0.15, 0.2) is 6.33 Å². The summed E-state index contributed by atoms with van der Waals surface area (Å²) < 4.78 is 2.10. The Kier molecular flexibility index (Phi) is 6.63. The maximum atomic E-state index is 6.12. The predicted octanol–water partition coefficient (Wildman–Crippen LogP) is 5.22. The molecular weight excluding hydrogens is 310 g/mol. The Hall–Kier alpha value is -1.36. The van der Waals surface area contributed by atoms with Gasteiger partial charge in [-0.15, -0.1) is 0 Å². The number of rotatable bonds is 5. The summed E-state index contributed by atoms with van der Waals surface area (Å²) in [6.07, 6.45) is 9.02. The monoisotopic (exact) mass is 337 g/mol. The maximum absolute atomic E-state index is 6.12. The van der Waals surface area contributed by atoms with Crippen LogP contribution in [-0.2, 0) is 0 Å². The van der Waals surface area contributed by atoms with Crippen LogP contribution in [0.5, 0.6) is 0 Å². The van der Waals surface area contributed by atoms with E-state index < -0.39 is 0 Å². The fourth-order valence-electron chi connectivity index (χ4n) is 3.13. The summed E-state index contributed by atoms with van der Waals surface area (Å²) in [5.74, 6) is 0.777. The van der Waals surface area contributed by atoms with Crippen molar-refractivity contribution in [3.63, 3.8) is 0 Å². The van der Waals surface area contributed by atoms with Crippen molar-refractivity contribution < 1.29 is 0 Å². The molecule has 0 amide bonds. The minimum absolute atomic E-state index is 0.286. The summed E-state index contributed by atoms with van der Waals surface area (Å²) in [5, 5.41) is 3.78. The highest BCUT2D eigenvalue weighted by molar-refractivity contribution is 6.28. The molecule has 2 heterocycles. The molecule has 0 radical (unpaired) electrons. The Balaban J connectivity index is 0.000000924. The smallest absolute Gasteiger partial charge is 0.226 e. The lowest BCUT2D eigenvalue weighted by atomic mass is 10.2. The number of anilines is 1. The summed E-state index contributed by atoms with van der Waals surface area (Å²) in [6, 6.07) is 0.850. The van der Waals surface area contributed by atoms with E-state index in [-0.39, 0.29) is 5.28 Å². The average molecular weight is 338 g/mol. The average Bonchev–Trinajstić information content (AvgIpc) is 3.19. The van der Waals surface area contributed by atoms with Gasteiger partial charge in [-0.1, -0.05) is 40.0 Å². The molecule has 1 aliphatic rings. The molecule has 1 atom stereocenters. The van der Waals surface area contributed by atoms with Gasteiger partial charge in [-0.2, -0.15) is 9.97 Å². The van der Waals surface area contributed by atoms with Gasteiger partial charge >= 0.3 is 0 Å². The van der Waals surface area contributed by atoms with E-state index in [1.807, 2.05) is 20.2 Å². The molecule has 1 fully saturated rings. The molecular formula is C17H28ClN5. The summed E-state index contributed by atoms with van der Waals surface area (Å²) in [6.45, 7) is 8.37. The van der Waals surface area contributed by atoms with Crippen LogP contribution in [0, 0.1) is 0 Å². The van der Waals surface area contributed by atoms with Crippen molar-refractivity contribution in [1.29, 1.82) is 0 Å². The molecule has 0 spiro atoms. The van der Waals surface area contributed by atoms with Gasteiger partial charge < -0.3 is 9.88 Å². The molecule has 3 rings (SSSR count). The number of hydrogen-bond acceptors (Lipinski definition) is 4. The zero-order chi connectivity index (χ0) is 16.8. The number of aromatic nitrogens is 4. The second kappa shape index (κ2) is 8.48. The van der Waals surface area contributed by atoms with Crippen molar-refractivity contribution in [2.75, 3.05) is 5.32 Å². The van der Waals surface area contributed by atoms with E-state index in [1.54, 1.807) is 0 Å². The first kappa shape index (κ1) is 18.0. The van der Waals surface area contributed by atoms with Crippen LogP contribution in [0.3, 0.4) is 0 Å². The first-order valence-corrected chi connectivity index (χ1v) is 9.23. The van der Waals surface area contributed by atoms with Crippen LogP contribution >= 0.6 is 11.6 Å². The van der Waals surface area contributed by atoms with Crippen molar-refractivity contribution >= 4 is 28.6 Å². The summed E-state index contributed by atoms with van der Waals surface area (Å²) >= 11 is 6.12. The van der Waals surface area contributed by atoms with E-state index in [4.69, 9.17) is 11.6 Å². The minimum atomic E-state index is 0.286. The highest BCUT2D eigenvalue weighted by Crippen LogP contribution is 2.28. The van der Waals surface area contributed by atoms with E-state index in [1.165, 1.54) is 25.7 Å². The quantitative estimate of drug-likeness (QED) is 0.760. The Morgan fingerprint density at radius 2 is 2.00 bits per heavy atom. The fraction of sp³-hybridized carbons (Fsp3) is 0.706. The molecule has 2 aromatic heterocycles. The Labute approximate surface area is 143 Å². The third-order valence-electron chi connectivity index (χ3n) is 4.27. The van der Waals surface area contributed by atoms with E-state index in [0.29, 0.717) is 12.1 Å². The van der Waals surface area contributed by atoms with Crippen LogP contribution in [0.1, 0.15) is 72.3 Å². The van der Waals surface area contributed by atoms with Gasteiger partial charge in [0.1, 0.15) is 0 Å². The second-order valence-corrected chi connectivity index (χ2v) is 6.27. The zero-order valence-electron chi connectivity index (χ0n) is 14.6. The number of halogens is 1. The third kappa shape index (κ3) is 4.14. The highest BCUT2D eigenvalue weighted by atomic mass is 35.5. The molecule has 6 heteroatoms. The van der Waals surface area contributed by atoms with Gasteiger partial charge in [0.15, 0.2) is 17.0 Å². The molecule has 0 aromatic carbocycles. The van der Waals surface area contributed by atoms with E-state index in [0.717, 1.165) is 29.8 Å². The maximum Gasteiger partial charge on any atom is 0.226 e. The topological polar surface area (TPSA) is 55.6 Å².